The Morgan fingerprint density at radius 1 is 1.36 bits per heavy atom. The summed E-state index contributed by atoms with van der Waals surface area (Å²) in [5.74, 6) is 2.72. The molecule has 8 heteroatoms. The van der Waals surface area contributed by atoms with Crippen LogP contribution < -0.4 is 5.32 Å². The van der Waals surface area contributed by atoms with Crippen molar-refractivity contribution in [2.45, 2.75) is 39.3 Å². The maximum atomic E-state index is 12.6. The summed E-state index contributed by atoms with van der Waals surface area (Å²) in [6.45, 7) is 5.82. The number of urea groups is 1. The van der Waals surface area contributed by atoms with Crippen LogP contribution in [0.25, 0.3) is 10.9 Å². The molecule has 7 nitrogen and oxygen atoms in total. The second kappa shape index (κ2) is 9.42. The van der Waals surface area contributed by atoms with Crippen molar-refractivity contribution in [2.24, 2.45) is 11.3 Å². The number of H-pyrrole nitrogens is 1. The molecule has 3 heterocycles. The van der Waals surface area contributed by atoms with Crippen molar-refractivity contribution in [1.29, 1.82) is 0 Å². The molecule has 3 aromatic rings. The molecule has 1 atom stereocenters. The van der Waals surface area contributed by atoms with Gasteiger partial charge in [0, 0.05) is 41.8 Å². The number of carbonyl (C=O) groups is 1. The minimum absolute atomic E-state index is 0.0955. The number of piperidine rings is 1. The molecule has 0 radical (unpaired) electrons. The molecule has 0 unspecified atom stereocenters. The van der Waals surface area contributed by atoms with Crippen LogP contribution in [0.5, 0.6) is 0 Å². The van der Waals surface area contributed by atoms with Gasteiger partial charge in [0.1, 0.15) is 5.69 Å². The monoisotopic (exact) mass is 465 g/mol. The Kier molecular flexibility index (Phi) is 6.59. The van der Waals surface area contributed by atoms with Gasteiger partial charge in [-0.3, -0.25) is 5.10 Å². The summed E-state index contributed by atoms with van der Waals surface area (Å²) < 4.78 is 0. The van der Waals surface area contributed by atoms with E-state index in [-0.39, 0.29) is 11.9 Å². The number of rotatable bonds is 5. The molecule has 4 rings (SSSR count). The molecule has 1 aromatic carbocycles. The van der Waals surface area contributed by atoms with Gasteiger partial charge < -0.3 is 15.3 Å². The molecule has 33 heavy (non-hydrogen) atoms. The molecule has 1 aliphatic heterocycles. The van der Waals surface area contributed by atoms with Crippen LogP contribution in [-0.4, -0.2) is 44.3 Å². The number of nitrogens with one attached hydrogen (secondary N) is 2. The van der Waals surface area contributed by atoms with Crippen LogP contribution in [0.3, 0.4) is 0 Å². The molecule has 1 saturated heterocycles. The van der Waals surface area contributed by atoms with E-state index in [0.29, 0.717) is 30.4 Å². The van der Waals surface area contributed by atoms with Crippen molar-refractivity contribution in [3.63, 3.8) is 0 Å². The first-order valence-corrected chi connectivity index (χ1v) is 11.4. The zero-order valence-electron chi connectivity index (χ0n) is 18.8. The summed E-state index contributed by atoms with van der Waals surface area (Å²) in [5.41, 5.74) is 2.62. The van der Waals surface area contributed by atoms with E-state index in [0.717, 1.165) is 34.9 Å². The Labute approximate surface area is 198 Å². The highest BCUT2D eigenvalue weighted by molar-refractivity contribution is 6.31. The van der Waals surface area contributed by atoms with Crippen LogP contribution in [0, 0.1) is 23.7 Å². The molecular formula is C25H28ClN5O2. The lowest BCUT2D eigenvalue weighted by Gasteiger charge is -2.43. The number of terminal acetylenes is 1. The third-order valence-corrected chi connectivity index (χ3v) is 7.01. The van der Waals surface area contributed by atoms with Gasteiger partial charge in [0.25, 0.3) is 0 Å². The number of carbonyl (C=O) groups excluding carboxylic acids is 1. The van der Waals surface area contributed by atoms with Gasteiger partial charge in [0.15, 0.2) is 0 Å². The number of pyridine rings is 1. The lowest BCUT2D eigenvalue weighted by molar-refractivity contribution is -0.0143. The van der Waals surface area contributed by atoms with Crippen LogP contribution in [-0.2, 0) is 6.54 Å². The van der Waals surface area contributed by atoms with E-state index < -0.39 is 11.5 Å². The zero-order chi connectivity index (χ0) is 23.6. The topological polar surface area (TPSA) is 94.1 Å². The maximum absolute atomic E-state index is 12.6. The molecule has 172 valence electrons. The molecule has 0 spiro atoms. The normalized spacial score (nSPS) is 15.9. The Morgan fingerprint density at radius 2 is 2.12 bits per heavy atom. The summed E-state index contributed by atoms with van der Waals surface area (Å²) in [4.78, 5) is 18.6. The van der Waals surface area contributed by atoms with Crippen LogP contribution >= 0.6 is 11.6 Å². The minimum atomic E-state index is -0.719. The van der Waals surface area contributed by atoms with Crippen LogP contribution in [0.4, 0.5) is 4.79 Å². The van der Waals surface area contributed by atoms with Crippen molar-refractivity contribution in [3.8, 4) is 12.3 Å². The number of halogens is 1. The van der Waals surface area contributed by atoms with Gasteiger partial charge in [-0.05, 0) is 47.9 Å². The SMILES string of the molecule is C#Cc1ccc(CNC(=O)N2CCC(C(C)(C)[C@H](O)c3cc(Cl)cc4cn[nH]c34)CC2)cn1. The summed E-state index contributed by atoms with van der Waals surface area (Å²) in [7, 11) is 0. The summed E-state index contributed by atoms with van der Waals surface area (Å²) in [6, 6.07) is 7.17. The highest BCUT2D eigenvalue weighted by Gasteiger charge is 2.40. The molecular weight excluding hydrogens is 438 g/mol. The van der Waals surface area contributed by atoms with Crippen molar-refractivity contribution < 1.29 is 9.90 Å². The number of fused-ring (bicyclic) bond motifs is 1. The minimum Gasteiger partial charge on any atom is -0.388 e. The van der Waals surface area contributed by atoms with Gasteiger partial charge in [-0.1, -0.05) is 37.4 Å². The standard InChI is InChI=1S/C25H28ClN5O2/c1-4-20-6-5-16(13-27-20)14-28-24(33)31-9-7-18(8-10-31)25(2,3)23(32)21-12-19(26)11-17-15-29-30-22(17)21/h1,5-6,11-13,15,18,23,32H,7-10,14H2,2-3H3,(H,28,33)(H,29,30)/t23-/m1/s1. The van der Waals surface area contributed by atoms with Crippen molar-refractivity contribution in [3.05, 3.63) is 58.5 Å². The van der Waals surface area contributed by atoms with E-state index in [1.807, 2.05) is 23.1 Å². The number of likely N-dealkylation sites (tertiary alicyclic amines) is 1. The van der Waals surface area contributed by atoms with E-state index in [1.165, 1.54) is 0 Å². The van der Waals surface area contributed by atoms with Gasteiger partial charge in [0.2, 0.25) is 0 Å². The first-order chi connectivity index (χ1) is 15.8. The molecule has 0 saturated carbocycles. The number of nitrogens with zero attached hydrogens (tertiary/aromatic N) is 3. The third-order valence-electron chi connectivity index (χ3n) is 6.79. The van der Waals surface area contributed by atoms with Crippen molar-refractivity contribution in [1.82, 2.24) is 25.4 Å². The van der Waals surface area contributed by atoms with Crippen LogP contribution in [0.2, 0.25) is 5.02 Å². The quantitative estimate of drug-likeness (QED) is 0.490. The number of aromatic nitrogens is 3. The van der Waals surface area contributed by atoms with E-state index in [4.69, 9.17) is 18.0 Å². The molecule has 0 bridgehead atoms. The average molecular weight is 466 g/mol. The molecule has 3 N–H and O–H groups in total. The second-order valence-corrected chi connectivity index (χ2v) is 9.61. The highest BCUT2D eigenvalue weighted by atomic mass is 35.5. The van der Waals surface area contributed by atoms with E-state index in [1.54, 1.807) is 18.5 Å². The van der Waals surface area contributed by atoms with Crippen LogP contribution in [0.15, 0.2) is 36.7 Å². The maximum Gasteiger partial charge on any atom is 0.317 e. The Hall–Kier alpha value is -3.08. The van der Waals surface area contributed by atoms with Crippen molar-refractivity contribution >= 4 is 28.5 Å². The number of benzene rings is 1. The Bertz CT molecular complexity index is 1170. The first kappa shape index (κ1) is 23.1. The predicted molar refractivity (Wildman–Crippen MR) is 129 cm³/mol. The van der Waals surface area contributed by atoms with Gasteiger partial charge >= 0.3 is 6.03 Å². The number of hydrogen-bond donors (Lipinski definition) is 3. The summed E-state index contributed by atoms with van der Waals surface area (Å²) in [5, 5.41) is 22.8. The Morgan fingerprint density at radius 3 is 2.79 bits per heavy atom. The zero-order valence-corrected chi connectivity index (χ0v) is 19.6. The smallest absolute Gasteiger partial charge is 0.317 e. The summed E-state index contributed by atoms with van der Waals surface area (Å²) in [6.07, 6.45) is 9.61. The fraction of sp³-hybridized carbons (Fsp3) is 0.400. The van der Waals surface area contributed by atoms with E-state index in [2.05, 4.69) is 40.3 Å². The van der Waals surface area contributed by atoms with Gasteiger partial charge in [0.05, 0.1) is 17.8 Å². The fourth-order valence-electron chi connectivity index (χ4n) is 4.62. The number of hydrogen-bond acceptors (Lipinski definition) is 4. The fourth-order valence-corrected chi connectivity index (χ4v) is 4.85. The van der Waals surface area contributed by atoms with Gasteiger partial charge in [-0.2, -0.15) is 5.10 Å². The first-order valence-electron chi connectivity index (χ1n) is 11.0. The number of aliphatic hydroxyl groups excluding tert-OH is 1. The number of aromatic amines is 1. The predicted octanol–water partition coefficient (Wildman–Crippen LogP) is 4.27. The second-order valence-electron chi connectivity index (χ2n) is 9.17. The number of amides is 2. The van der Waals surface area contributed by atoms with Gasteiger partial charge in [-0.15, -0.1) is 6.42 Å². The third kappa shape index (κ3) is 4.82. The molecule has 0 aliphatic carbocycles. The van der Waals surface area contributed by atoms with E-state index >= 15 is 0 Å². The lowest BCUT2D eigenvalue weighted by Crippen LogP contribution is -2.47. The molecule has 2 aromatic heterocycles. The molecule has 2 amide bonds. The number of aliphatic hydroxyl groups is 1. The van der Waals surface area contributed by atoms with E-state index in [9.17, 15) is 9.90 Å². The average Bonchev–Trinajstić information content (AvgIpc) is 3.30. The molecule has 1 fully saturated rings. The largest absolute Gasteiger partial charge is 0.388 e. The highest BCUT2D eigenvalue weighted by Crippen LogP contribution is 2.46. The summed E-state index contributed by atoms with van der Waals surface area (Å²) >= 11 is 6.29. The van der Waals surface area contributed by atoms with Gasteiger partial charge in [-0.25, -0.2) is 9.78 Å². The van der Waals surface area contributed by atoms with Crippen molar-refractivity contribution in [2.75, 3.05) is 13.1 Å². The molecule has 1 aliphatic rings. The Balaban J connectivity index is 1.36. The lowest BCUT2D eigenvalue weighted by atomic mass is 9.68. The van der Waals surface area contributed by atoms with Crippen LogP contribution in [0.1, 0.15) is 49.6 Å².